The summed E-state index contributed by atoms with van der Waals surface area (Å²) in [5.74, 6) is 1.14. The molecule has 1 saturated heterocycles. The maximum absolute atomic E-state index is 12.4. The van der Waals surface area contributed by atoms with Crippen LogP contribution in [0.4, 0.5) is 5.69 Å². The second-order valence-electron chi connectivity index (χ2n) is 6.21. The third kappa shape index (κ3) is 3.90. The maximum Gasteiger partial charge on any atom is 0.255 e. The van der Waals surface area contributed by atoms with E-state index in [1.54, 1.807) is 30.2 Å². The number of nitrogens with one attached hydrogen (secondary N) is 1. The molecule has 1 N–H and O–H groups in total. The van der Waals surface area contributed by atoms with E-state index in [2.05, 4.69) is 5.32 Å². The van der Waals surface area contributed by atoms with Gasteiger partial charge in [0.1, 0.15) is 11.1 Å². The molecule has 0 saturated carbocycles. The zero-order chi connectivity index (χ0) is 18.6. The van der Waals surface area contributed by atoms with Gasteiger partial charge in [0.25, 0.3) is 5.91 Å². The fraction of sp³-hybridized carbons (Fsp3) is 0.143. The highest BCUT2D eigenvalue weighted by molar-refractivity contribution is 8.00. The van der Waals surface area contributed by atoms with Crippen molar-refractivity contribution < 1.29 is 14.0 Å². The number of anilines is 1. The van der Waals surface area contributed by atoms with E-state index in [1.165, 1.54) is 0 Å². The SMILES string of the molecule is O=C(Nc1ccccc1)c1ccc(C2SCC(=O)N2Cc2ccco2)cc1. The first kappa shape index (κ1) is 17.4. The Balaban J connectivity index is 1.48. The molecule has 3 aromatic rings. The Morgan fingerprint density at radius 3 is 2.56 bits per heavy atom. The van der Waals surface area contributed by atoms with Crippen LogP contribution in [0.1, 0.15) is 27.1 Å². The lowest BCUT2D eigenvalue weighted by molar-refractivity contribution is -0.128. The second-order valence-corrected chi connectivity index (χ2v) is 7.28. The molecule has 4 rings (SSSR count). The van der Waals surface area contributed by atoms with Gasteiger partial charge >= 0.3 is 0 Å². The molecule has 136 valence electrons. The quantitative estimate of drug-likeness (QED) is 0.719. The van der Waals surface area contributed by atoms with Crippen LogP contribution in [-0.4, -0.2) is 22.5 Å². The molecule has 2 aromatic carbocycles. The van der Waals surface area contributed by atoms with Crippen molar-refractivity contribution >= 4 is 29.3 Å². The van der Waals surface area contributed by atoms with Gasteiger partial charge in [0, 0.05) is 11.3 Å². The van der Waals surface area contributed by atoms with E-state index in [-0.39, 0.29) is 17.2 Å². The van der Waals surface area contributed by atoms with Gasteiger partial charge in [-0.1, -0.05) is 30.3 Å². The molecule has 1 fully saturated rings. The van der Waals surface area contributed by atoms with Gasteiger partial charge in [0.2, 0.25) is 5.91 Å². The van der Waals surface area contributed by atoms with E-state index in [1.807, 2.05) is 59.5 Å². The molecular formula is C21H18N2O3S. The Morgan fingerprint density at radius 2 is 1.85 bits per heavy atom. The van der Waals surface area contributed by atoms with Gasteiger partial charge in [-0.2, -0.15) is 0 Å². The molecule has 0 spiro atoms. The molecule has 2 heterocycles. The van der Waals surface area contributed by atoms with E-state index in [9.17, 15) is 9.59 Å². The average Bonchev–Trinajstić information content (AvgIpc) is 3.34. The van der Waals surface area contributed by atoms with Crippen molar-refractivity contribution in [1.29, 1.82) is 0 Å². The normalized spacial score (nSPS) is 16.5. The molecule has 5 nitrogen and oxygen atoms in total. The van der Waals surface area contributed by atoms with E-state index in [0.717, 1.165) is 17.0 Å². The van der Waals surface area contributed by atoms with Crippen LogP contribution in [0.25, 0.3) is 0 Å². The van der Waals surface area contributed by atoms with Crippen LogP contribution < -0.4 is 5.32 Å². The van der Waals surface area contributed by atoms with Crippen molar-refractivity contribution in [2.45, 2.75) is 11.9 Å². The molecule has 1 aromatic heterocycles. The highest BCUT2D eigenvalue weighted by atomic mass is 32.2. The molecule has 0 radical (unpaired) electrons. The Hall–Kier alpha value is -2.99. The van der Waals surface area contributed by atoms with Gasteiger partial charge in [-0.15, -0.1) is 11.8 Å². The Kier molecular flexibility index (Phi) is 4.98. The molecule has 0 bridgehead atoms. The van der Waals surface area contributed by atoms with Crippen molar-refractivity contribution in [3.8, 4) is 0 Å². The second kappa shape index (κ2) is 7.72. The summed E-state index contributed by atoms with van der Waals surface area (Å²) in [5, 5.41) is 2.80. The number of furan rings is 1. The molecule has 1 aliphatic heterocycles. The van der Waals surface area contributed by atoms with Crippen LogP contribution in [0.15, 0.2) is 77.4 Å². The summed E-state index contributed by atoms with van der Waals surface area (Å²) in [7, 11) is 0. The molecule has 0 aliphatic carbocycles. The number of nitrogens with zero attached hydrogens (tertiary/aromatic N) is 1. The minimum Gasteiger partial charge on any atom is -0.467 e. The zero-order valence-electron chi connectivity index (χ0n) is 14.5. The fourth-order valence-corrected chi connectivity index (χ4v) is 4.18. The van der Waals surface area contributed by atoms with Gasteiger partial charge in [-0.3, -0.25) is 9.59 Å². The lowest BCUT2D eigenvalue weighted by Gasteiger charge is -2.23. The van der Waals surface area contributed by atoms with Gasteiger partial charge in [-0.05, 0) is 42.0 Å². The van der Waals surface area contributed by atoms with E-state index in [0.29, 0.717) is 17.9 Å². The van der Waals surface area contributed by atoms with Gasteiger partial charge < -0.3 is 14.6 Å². The van der Waals surface area contributed by atoms with E-state index < -0.39 is 0 Å². The number of thioether (sulfide) groups is 1. The number of carbonyl (C=O) groups is 2. The lowest BCUT2D eigenvalue weighted by Crippen LogP contribution is -2.27. The number of hydrogen-bond acceptors (Lipinski definition) is 4. The summed E-state index contributed by atoms with van der Waals surface area (Å²) >= 11 is 1.58. The number of benzene rings is 2. The van der Waals surface area contributed by atoms with Gasteiger partial charge in [0.05, 0.1) is 18.6 Å². The number of rotatable bonds is 5. The minimum absolute atomic E-state index is 0.0752. The van der Waals surface area contributed by atoms with Crippen molar-refractivity contribution in [1.82, 2.24) is 4.90 Å². The van der Waals surface area contributed by atoms with Crippen molar-refractivity contribution in [2.24, 2.45) is 0 Å². The summed E-state index contributed by atoms with van der Waals surface area (Å²) in [6.07, 6.45) is 1.61. The summed E-state index contributed by atoms with van der Waals surface area (Å²) in [6, 6.07) is 20.4. The smallest absolute Gasteiger partial charge is 0.255 e. The highest BCUT2D eigenvalue weighted by Crippen LogP contribution is 2.39. The Morgan fingerprint density at radius 1 is 1.07 bits per heavy atom. The van der Waals surface area contributed by atoms with Crippen LogP contribution in [0.2, 0.25) is 0 Å². The summed E-state index contributed by atoms with van der Waals surface area (Å²) in [4.78, 5) is 26.5. The van der Waals surface area contributed by atoms with E-state index in [4.69, 9.17) is 4.42 Å². The van der Waals surface area contributed by atoms with Crippen molar-refractivity contribution in [3.63, 3.8) is 0 Å². The molecule has 1 unspecified atom stereocenters. The zero-order valence-corrected chi connectivity index (χ0v) is 15.3. The first-order valence-corrected chi connectivity index (χ1v) is 9.65. The largest absolute Gasteiger partial charge is 0.467 e. The van der Waals surface area contributed by atoms with Crippen LogP contribution in [0.5, 0.6) is 0 Å². The third-order valence-electron chi connectivity index (χ3n) is 4.36. The van der Waals surface area contributed by atoms with E-state index >= 15 is 0 Å². The van der Waals surface area contributed by atoms with Crippen molar-refractivity contribution in [2.75, 3.05) is 11.1 Å². The minimum atomic E-state index is -0.157. The summed E-state index contributed by atoms with van der Waals surface area (Å²) in [6.45, 7) is 0.444. The van der Waals surface area contributed by atoms with Crippen LogP contribution in [-0.2, 0) is 11.3 Å². The Bertz CT molecular complexity index is 924. The fourth-order valence-electron chi connectivity index (χ4n) is 3.00. The summed E-state index contributed by atoms with van der Waals surface area (Å²) < 4.78 is 5.38. The monoisotopic (exact) mass is 378 g/mol. The molecule has 27 heavy (non-hydrogen) atoms. The number of hydrogen-bond donors (Lipinski definition) is 1. The molecule has 1 atom stereocenters. The standard InChI is InChI=1S/C21H18N2O3S/c24-19-14-27-21(23(19)13-18-7-4-12-26-18)16-10-8-15(9-11-16)20(25)22-17-5-2-1-3-6-17/h1-12,21H,13-14H2,(H,22,25). The maximum atomic E-state index is 12.4. The topological polar surface area (TPSA) is 62.6 Å². The van der Waals surface area contributed by atoms with Gasteiger partial charge in [-0.25, -0.2) is 0 Å². The predicted molar refractivity (Wildman–Crippen MR) is 105 cm³/mol. The average molecular weight is 378 g/mol. The number of amides is 2. The first-order chi connectivity index (χ1) is 13.2. The lowest BCUT2D eigenvalue weighted by atomic mass is 10.1. The Labute approximate surface area is 161 Å². The van der Waals surface area contributed by atoms with Crippen molar-refractivity contribution in [3.05, 3.63) is 89.9 Å². The van der Waals surface area contributed by atoms with Crippen LogP contribution in [0.3, 0.4) is 0 Å². The summed E-state index contributed by atoms with van der Waals surface area (Å²) in [5.41, 5.74) is 2.33. The predicted octanol–water partition coefficient (Wildman–Crippen LogP) is 4.31. The number of para-hydroxylation sites is 1. The van der Waals surface area contributed by atoms with Gasteiger partial charge in [0.15, 0.2) is 0 Å². The van der Waals surface area contributed by atoms with Crippen LogP contribution in [0, 0.1) is 0 Å². The molecule has 6 heteroatoms. The highest BCUT2D eigenvalue weighted by Gasteiger charge is 2.33. The first-order valence-electron chi connectivity index (χ1n) is 8.60. The number of carbonyl (C=O) groups excluding carboxylic acids is 2. The molecule has 2 amide bonds. The third-order valence-corrected chi connectivity index (χ3v) is 5.62. The molecular weight excluding hydrogens is 360 g/mol. The van der Waals surface area contributed by atoms with Crippen LogP contribution >= 0.6 is 11.8 Å². The molecule has 1 aliphatic rings.